The summed E-state index contributed by atoms with van der Waals surface area (Å²) >= 11 is -1.72. The number of hydrogen-bond donors (Lipinski definition) is 0. The molecule has 0 bridgehead atoms. The van der Waals surface area contributed by atoms with Crippen LogP contribution in [-0.4, -0.2) is 16.0 Å². The summed E-state index contributed by atoms with van der Waals surface area (Å²) in [6.07, 6.45) is 8.82. The highest BCUT2D eigenvalue weighted by atomic mass is 35.8. The molecule has 1 aromatic heterocycles. The third-order valence-electron chi connectivity index (χ3n) is 1.59. The number of aromatic nitrogens is 2. The van der Waals surface area contributed by atoms with Crippen LogP contribution in [0.4, 0.5) is 0 Å². The Labute approximate surface area is 102 Å². The van der Waals surface area contributed by atoms with Gasteiger partial charge in [0.25, 0.3) is 0 Å². The van der Waals surface area contributed by atoms with Crippen molar-refractivity contribution < 1.29 is 4.57 Å². The zero-order valence-corrected chi connectivity index (χ0v) is 11.9. The molecule has 6 heteroatoms. The maximum absolute atomic E-state index is 4.94. The fraction of sp³-hybridized carbons (Fsp3) is 0.625. The Kier molecular flexibility index (Phi) is 9.27. The van der Waals surface area contributed by atoms with Crippen LogP contribution in [0.5, 0.6) is 0 Å². The van der Waals surface area contributed by atoms with E-state index in [0.29, 0.717) is 0 Å². The van der Waals surface area contributed by atoms with Crippen LogP contribution in [0.25, 0.3) is 0 Å². The standard InChI is InChI=1S/C8H15N2.Al.3ClH/c1-3-4-5-10-7-6-9(2)8-10;;;;/h6-8H,3-5H2,1-2H3;;3*1H/q+1;+3;;;/p-3. The van der Waals surface area contributed by atoms with E-state index in [0.717, 1.165) is 6.54 Å². The molecule has 0 aliphatic heterocycles. The smallest absolute Gasteiger partial charge is 0.240 e. The van der Waals surface area contributed by atoms with Gasteiger partial charge in [-0.05, 0) is 6.42 Å². The van der Waals surface area contributed by atoms with Crippen LogP contribution in [0.15, 0.2) is 18.7 Å². The van der Waals surface area contributed by atoms with Gasteiger partial charge in [-0.2, -0.15) is 0 Å². The van der Waals surface area contributed by atoms with Crippen molar-refractivity contribution in [2.24, 2.45) is 7.05 Å². The number of rotatable bonds is 3. The summed E-state index contributed by atoms with van der Waals surface area (Å²) in [7, 11) is 16.9. The van der Waals surface area contributed by atoms with Crippen LogP contribution in [-0.2, 0) is 13.6 Å². The Morgan fingerprint density at radius 3 is 2.29 bits per heavy atom. The Balaban J connectivity index is 0.000000364. The van der Waals surface area contributed by atoms with E-state index in [9.17, 15) is 0 Å². The number of halogens is 3. The zero-order chi connectivity index (χ0) is 11.0. The van der Waals surface area contributed by atoms with Crippen molar-refractivity contribution in [1.29, 1.82) is 0 Å². The van der Waals surface area contributed by atoms with E-state index in [1.54, 1.807) is 0 Å². The van der Waals surface area contributed by atoms with E-state index in [1.807, 2.05) is 7.05 Å². The molecule has 1 aromatic rings. The second-order valence-electron chi connectivity index (χ2n) is 2.92. The van der Waals surface area contributed by atoms with Crippen LogP contribution >= 0.6 is 30.1 Å². The molecule has 0 aliphatic rings. The van der Waals surface area contributed by atoms with Crippen LogP contribution in [0.1, 0.15) is 19.8 Å². The Morgan fingerprint density at radius 1 is 1.36 bits per heavy atom. The summed E-state index contributed by atoms with van der Waals surface area (Å²) in [5, 5.41) is 0. The van der Waals surface area contributed by atoms with Gasteiger partial charge in [0, 0.05) is 0 Å². The van der Waals surface area contributed by atoms with E-state index in [2.05, 4.69) is 34.8 Å². The number of aryl methyl sites for hydroxylation is 2. The molecule has 0 aliphatic carbocycles. The predicted molar refractivity (Wildman–Crippen MR) is 63.8 cm³/mol. The molecule has 0 saturated heterocycles. The fourth-order valence-electron chi connectivity index (χ4n) is 0.975. The molecule has 1 heterocycles. The minimum Gasteiger partial charge on any atom is -0.240 e. The van der Waals surface area contributed by atoms with Crippen molar-refractivity contribution in [2.75, 3.05) is 0 Å². The molecule has 14 heavy (non-hydrogen) atoms. The highest BCUT2D eigenvalue weighted by Crippen LogP contribution is 1.97. The van der Waals surface area contributed by atoms with Crippen LogP contribution in [0.3, 0.4) is 0 Å². The third-order valence-corrected chi connectivity index (χ3v) is 1.59. The topological polar surface area (TPSA) is 8.81 Å². The van der Waals surface area contributed by atoms with E-state index in [4.69, 9.17) is 30.1 Å². The Bertz CT molecular complexity index is 237. The van der Waals surface area contributed by atoms with Crippen LogP contribution in [0, 0.1) is 0 Å². The van der Waals surface area contributed by atoms with Gasteiger partial charge in [-0.3, -0.25) is 0 Å². The maximum atomic E-state index is 4.94. The molecule has 0 radical (unpaired) electrons. The minimum atomic E-state index is -1.72. The highest BCUT2D eigenvalue weighted by Gasteiger charge is 2.00. The largest absolute Gasteiger partial charge is 0.643 e. The second kappa shape index (κ2) is 8.88. The van der Waals surface area contributed by atoms with Gasteiger partial charge < -0.3 is 0 Å². The average molecular weight is 273 g/mol. The number of unbranched alkanes of at least 4 members (excludes halogenated alkanes) is 1. The van der Waals surface area contributed by atoms with Gasteiger partial charge in [0.15, 0.2) is 0 Å². The van der Waals surface area contributed by atoms with E-state index >= 15 is 0 Å². The number of hydrogen-bond acceptors (Lipinski definition) is 0. The van der Waals surface area contributed by atoms with Gasteiger partial charge >= 0.3 is 11.4 Å². The lowest BCUT2D eigenvalue weighted by Crippen LogP contribution is -2.23. The summed E-state index contributed by atoms with van der Waals surface area (Å²) in [6.45, 7) is 3.36. The van der Waals surface area contributed by atoms with Crippen LogP contribution < -0.4 is 4.57 Å². The van der Waals surface area contributed by atoms with Crippen molar-refractivity contribution in [3.05, 3.63) is 18.7 Å². The molecule has 0 amide bonds. The summed E-state index contributed by atoms with van der Waals surface area (Å²) in [5.74, 6) is 0. The fourth-order valence-corrected chi connectivity index (χ4v) is 0.975. The molecule has 2 nitrogen and oxygen atoms in total. The van der Waals surface area contributed by atoms with Crippen molar-refractivity contribution in [1.82, 2.24) is 4.57 Å². The first-order valence-electron chi connectivity index (χ1n) is 4.49. The maximum Gasteiger partial charge on any atom is 0.643 e. The van der Waals surface area contributed by atoms with Gasteiger partial charge in [0.1, 0.15) is 12.4 Å². The molecule has 0 spiro atoms. The van der Waals surface area contributed by atoms with Crippen molar-refractivity contribution in [3.63, 3.8) is 0 Å². The summed E-state index contributed by atoms with van der Waals surface area (Å²) in [4.78, 5) is 0. The van der Waals surface area contributed by atoms with Gasteiger partial charge in [-0.25, -0.2) is 39.3 Å². The monoisotopic (exact) mass is 271 g/mol. The van der Waals surface area contributed by atoms with Crippen LogP contribution in [0.2, 0.25) is 0 Å². The highest BCUT2D eigenvalue weighted by molar-refractivity contribution is 7.54. The first kappa shape index (κ1) is 14.6. The Hall–Kier alpha value is 0.612. The zero-order valence-electron chi connectivity index (χ0n) is 8.46. The SMILES string of the molecule is CCCCn1cc[n+](C)c1.[Cl][Al]([Cl])[Cl]. The van der Waals surface area contributed by atoms with Crippen molar-refractivity contribution >= 4 is 41.5 Å². The predicted octanol–water partition coefficient (Wildman–Crippen LogP) is 2.80. The van der Waals surface area contributed by atoms with Gasteiger partial charge in [-0.1, -0.05) is 13.3 Å². The summed E-state index contributed by atoms with van der Waals surface area (Å²) < 4.78 is 4.28. The number of imidazole rings is 1. The Morgan fingerprint density at radius 2 is 1.93 bits per heavy atom. The minimum absolute atomic E-state index is 1.15. The third kappa shape index (κ3) is 9.18. The summed E-state index contributed by atoms with van der Waals surface area (Å²) in [6, 6.07) is 0. The molecule has 0 unspecified atom stereocenters. The quantitative estimate of drug-likeness (QED) is 0.591. The molecule has 0 aromatic carbocycles. The lowest BCUT2D eigenvalue weighted by Gasteiger charge is -1.90. The summed E-state index contributed by atoms with van der Waals surface area (Å²) in [5.41, 5.74) is 0. The van der Waals surface area contributed by atoms with Crippen molar-refractivity contribution in [2.45, 2.75) is 26.3 Å². The van der Waals surface area contributed by atoms with E-state index in [-0.39, 0.29) is 0 Å². The molecule has 0 saturated carbocycles. The lowest BCUT2D eigenvalue weighted by atomic mass is 10.3. The van der Waals surface area contributed by atoms with Crippen molar-refractivity contribution in [3.8, 4) is 0 Å². The molecular weight excluding hydrogens is 257 g/mol. The molecule has 80 valence electrons. The molecule has 0 N–H and O–H groups in total. The van der Waals surface area contributed by atoms with E-state index in [1.165, 1.54) is 12.8 Å². The lowest BCUT2D eigenvalue weighted by molar-refractivity contribution is -0.671. The first-order chi connectivity index (χ1) is 6.56. The normalized spacial score (nSPS) is 9.21. The second-order valence-corrected chi connectivity index (χ2v) is 9.35. The molecule has 0 fully saturated rings. The van der Waals surface area contributed by atoms with Gasteiger partial charge in [0.2, 0.25) is 6.33 Å². The van der Waals surface area contributed by atoms with Gasteiger partial charge in [-0.15, -0.1) is 0 Å². The molecular formula is C8H15AlCl3N2+. The molecule has 0 atom stereocenters. The number of nitrogens with zero attached hydrogens (tertiary/aromatic N) is 2. The average Bonchev–Trinajstić information content (AvgIpc) is 2.47. The first-order valence-corrected chi connectivity index (χ1v) is 9.73. The molecule has 1 rings (SSSR count). The van der Waals surface area contributed by atoms with Gasteiger partial charge in [0.05, 0.1) is 13.6 Å². The van der Waals surface area contributed by atoms with E-state index < -0.39 is 11.4 Å².